The highest BCUT2D eigenvalue weighted by Crippen LogP contribution is 2.16. The van der Waals surface area contributed by atoms with Crippen molar-refractivity contribution < 1.29 is 14.4 Å². The molecule has 6 nitrogen and oxygen atoms in total. The number of amides is 3. The summed E-state index contributed by atoms with van der Waals surface area (Å²) in [5.74, 6) is -0.754. The number of hydrogen-bond donors (Lipinski definition) is 3. The van der Waals surface area contributed by atoms with E-state index in [2.05, 4.69) is 16.0 Å². The third kappa shape index (κ3) is 7.99. The van der Waals surface area contributed by atoms with Crippen molar-refractivity contribution in [2.45, 2.75) is 45.7 Å². The summed E-state index contributed by atoms with van der Waals surface area (Å²) in [7, 11) is 0. The lowest BCUT2D eigenvalue weighted by atomic mass is 10.0. The second kappa shape index (κ2) is 8.31. The van der Waals surface area contributed by atoms with Crippen LogP contribution < -0.4 is 16.0 Å². The van der Waals surface area contributed by atoms with Gasteiger partial charge in [0.25, 0.3) is 0 Å². The molecule has 0 spiro atoms. The summed E-state index contributed by atoms with van der Waals surface area (Å²) in [4.78, 5) is 35.1. The maximum absolute atomic E-state index is 12.0. The lowest BCUT2D eigenvalue weighted by Gasteiger charge is -2.21. The van der Waals surface area contributed by atoms with E-state index >= 15 is 0 Å². The Morgan fingerprint density at radius 3 is 2.17 bits per heavy atom. The number of rotatable bonds is 6. The smallest absolute Gasteiger partial charge is 0.239 e. The molecule has 0 aliphatic carbocycles. The Morgan fingerprint density at radius 2 is 1.65 bits per heavy atom. The average molecular weight is 319 g/mol. The van der Waals surface area contributed by atoms with Gasteiger partial charge in [-0.05, 0) is 26.3 Å². The van der Waals surface area contributed by atoms with Gasteiger partial charge in [0.1, 0.15) is 0 Å². The van der Waals surface area contributed by atoms with Gasteiger partial charge in [-0.25, -0.2) is 0 Å². The van der Waals surface area contributed by atoms with Gasteiger partial charge in [0.05, 0.1) is 19.0 Å². The molecule has 3 N–H and O–H groups in total. The lowest BCUT2D eigenvalue weighted by Crippen LogP contribution is -2.46. The summed E-state index contributed by atoms with van der Waals surface area (Å²) in [6.45, 7) is 6.93. The van der Waals surface area contributed by atoms with Crippen molar-refractivity contribution in [3.8, 4) is 0 Å². The Balaban J connectivity index is 2.57. The fraction of sp³-hybridized carbons (Fsp3) is 0.471. The van der Waals surface area contributed by atoms with E-state index < -0.39 is 6.04 Å². The average Bonchev–Trinajstić information content (AvgIpc) is 2.43. The Labute approximate surface area is 137 Å². The highest BCUT2D eigenvalue weighted by atomic mass is 16.2. The largest absolute Gasteiger partial charge is 0.350 e. The molecule has 23 heavy (non-hydrogen) atoms. The first-order valence-corrected chi connectivity index (χ1v) is 7.57. The zero-order valence-electron chi connectivity index (χ0n) is 14.1. The van der Waals surface area contributed by atoms with Crippen molar-refractivity contribution in [1.29, 1.82) is 0 Å². The molecular weight excluding hydrogens is 294 g/mol. The highest BCUT2D eigenvalue weighted by Gasteiger charge is 2.18. The van der Waals surface area contributed by atoms with Crippen molar-refractivity contribution in [2.24, 2.45) is 0 Å². The zero-order valence-corrected chi connectivity index (χ0v) is 14.1. The number of hydrogen-bond acceptors (Lipinski definition) is 3. The molecule has 0 bridgehead atoms. The van der Waals surface area contributed by atoms with Crippen molar-refractivity contribution in [3.05, 3.63) is 35.9 Å². The zero-order chi connectivity index (χ0) is 17.5. The van der Waals surface area contributed by atoms with E-state index in [-0.39, 0.29) is 36.2 Å². The van der Waals surface area contributed by atoms with E-state index in [4.69, 9.17) is 0 Å². The molecule has 0 saturated carbocycles. The highest BCUT2D eigenvalue weighted by molar-refractivity contribution is 5.85. The molecule has 0 aromatic heterocycles. The van der Waals surface area contributed by atoms with E-state index in [1.807, 2.05) is 51.1 Å². The van der Waals surface area contributed by atoms with Crippen LogP contribution in [0, 0.1) is 0 Å². The van der Waals surface area contributed by atoms with Gasteiger partial charge >= 0.3 is 0 Å². The predicted octanol–water partition coefficient (Wildman–Crippen LogP) is 1.28. The Kier molecular flexibility index (Phi) is 6.75. The van der Waals surface area contributed by atoms with Crippen LogP contribution in [0.1, 0.15) is 45.7 Å². The van der Waals surface area contributed by atoms with Gasteiger partial charge in [0.15, 0.2) is 0 Å². The van der Waals surface area contributed by atoms with Gasteiger partial charge in [0.2, 0.25) is 17.7 Å². The summed E-state index contributed by atoms with van der Waals surface area (Å²) >= 11 is 0. The molecule has 6 heteroatoms. The number of carbonyl (C=O) groups is 3. The van der Waals surface area contributed by atoms with Crippen molar-refractivity contribution >= 4 is 17.7 Å². The summed E-state index contributed by atoms with van der Waals surface area (Å²) < 4.78 is 0. The Bertz CT molecular complexity index is 550. The number of benzene rings is 1. The molecular formula is C17H25N3O3. The maximum atomic E-state index is 12.0. The van der Waals surface area contributed by atoms with Crippen LogP contribution >= 0.6 is 0 Å². The van der Waals surface area contributed by atoms with Crippen LogP contribution in [0.15, 0.2) is 30.3 Å². The topological polar surface area (TPSA) is 87.3 Å². The summed E-state index contributed by atoms with van der Waals surface area (Å²) in [5, 5.41) is 8.10. The van der Waals surface area contributed by atoms with Gasteiger partial charge in [0, 0.05) is 12.5 Å². The fourth-order valence-electron chi connectivity index (χ4n) is 2.08. The van der Waals surface area contributed by atoms with E-state index in [1.54, 1.807) is 0 Å². The molecule has 1 unspecified atom stereocenters. The second-order valence-electron chi connectivity index (χ2n) is 6.44. The van der Waals surface area contributed by atoms with Crippen LogP contribution in [0.5, 0.6) is 0 Å². The SMILES string of the molecule is CC(=O)NC(CC(=O)NCC(=O)NC(C)(C)C)c1ccccc1. The maximum Gasteiger partial charge on any atom is 0.239 e. The van der Waals surface area contributed by atoms with E-state index in [9.17, 15) is 14.4 Å². The molecule has 0 aliphatic rings. The first kappa shape index (κ1) is 18.7. The standard InChI is InChI=1S/C17H25N3O3/c1-12(21)19-14(13-8-6-5-7-9-13)10-15(22)18-11-16(23)20-17(2,3)4/h5-9,14H,10-11H2,1-4H3,(H,18,22)(H,19,21)(H,20,23). The molecule has 1 rings (SSSR count). The monoisotopic (exact) mass is 319 g/mol. The molecule has 1 aromatic rings. The van der Waals surface area contributed by atoms with Crippen molar-refractivity contribution in [2.75, 3.05) is 6.54 Å². The van der Waals surface area contributed by atoms with Gasteiger partial charge in [-0.3, -0.25) is 14.4 Å². The van der Waals surface area contributed by atoms with E-state index in [1.165, 1.54) is 6.92 Å². The molecule has 1 aromatic carbocycles. The third-order valence-corrected chi connectivity index (χ3v) is 2.93. The normalized spacial score (nSPS) is 12.2. The first-order chi connectivity index (χ1) is 10.7. The van der Waals surface area contributed by atoms with Crippen LogP contribution in [-0.2, 0) is 14.4 Å². The minimum absolute atomic E-state index is 0.0758. The predicted molar refractivity (Wildman–Crippen MR) is 88.5 cm³/mol. The van der Waals surface area contributed by atoms with Crippen LogP contribution in [0.2, 0.25) is 0 Å². The summed E-state index contributed by atoms with van der Waals surface area (Å²) in [5.41, 5.74) is 0.502. The van der Waals surface area contributed by atoms with Crippen molar-refractivity contribution in [3.63, 3.8) is 0 Å². The van der Waals surface area contributed by atoms with Gasteiger partial charge in [-0.2, -0.15) is 0 Å². The Morgan fingerprint density at radius 1 is 1.04 bits per heavy atom. The van der Waals surface area contributed by atoms with Gasteiger partial charge in [-0.1, -0.05) is 30.3 Å². The molecule has 3 amide bonds. The van der Waals surface area contributed by atoms with Gasteiger partial charge < -0.3 is 16.0 Å². The molecule has 0 aliphatic heterocycles. The molecule has 1 atom stereocenters. The molecule has 0 fully saturated rings. The number of carbonyl (C=O) groups excluding carboxylic acids is 3. The minimum atomic E-state index is -0.417. The first-order valence-electron chi connectivity index (χ1n) is 7.57. The summed E-state index contributed by atoms with van der Waals surface area (Å²) in [6.07, 6.45) is 0.0758. The fourth-order valence-corrected chi connectivity index (χ4v) is 2.08. The quantitative estimate of drug-likeness (QED) is 0.738. The van der Waals surface area contributed by atoms with Crippen LogP contribution in [-0.4, -0.2) is 29.8 Å². The molecule has 126 valence electrons. The van der Waals surface area contributed by atoms with E-state index in [0.717, 1.165) is 5.56 Å². The molecule has 0 radical (unpaired) electrons. The second-order valence-corrected chi connectivity index (χ2v) is 6.44. The van der Waals surface area contributed by atoms with Crippen LogP contribution in [0.3, 0.4) is 0 Å². The van der Waals surface area contributed by atoms with Gasteiger partial charge in [-0.15, -0.1) is 0 Å². The molecule has 0 saturated heterocycles. The Hall–Kier alpha value is -2.37. The lowest BCUT2D eigenvalue weighted by molar-refractivity contribution is -0.127. The van der Waals surface area contributed by atoms with Crippen LogP contribution in [0.4, 0.5) is 0 Å². The van der Waals surface area contributed by atoms with Crippen LogP contribution in [0.25, 0.3) is 0 Å². The summed E-state index contributed by atoms with van der Waals surface area (Å²) in [6, 6.07) is 8.84. The molecule has 0 heterocycles. The number of nitrogens with one attached hydrogen (secondary N) is 3. The third-order valence-electron chi connectivity index (χ3n) is 2.93. The van der Waals surface area contributed by atoms with Crippen molar-refractivity contribution in [1.82, 2.24) is 16.0 Å². The minimum Gasteiger partial charge on any atom is -0.350 e. The van der Waals surface area contributed by atoms with E-state index in [0.29, 0.717) is 0 Å².